The van der Waals surface area contributed by atoms with Crippen LogP contribution in [0.25, 0.3) is 0 Å². The zero-order valence-electron chi connectivity index (χ0n) is 15.2. The van der Waals surface area contributed by atoms with Gasteiger partial charge in [0, 0.05) is 55.8 Å². The monoisotopic (exact) mass is 421 g/mol. The fourth-order valence-corrected chi connectivity index (χ4v) is 4.14. The third kappa shape index (κ3) is 6.91. The zero-order chi connectivity index (χ0) is 16.8. The van der Waals surface area contributed by atoms with E-state index >= 15 is 0 Å². The third-order valence-electron chi connectivity index (χ3n) is 4.65. The molecule has 1 unspecified atom stereocenters. The van der Waals surface area contributed by atoms with Crippen molar-refractivity contribution in [3.8, 4) is 0 Å². The molecule has 2 aliphatic heterocycles. The van der Waals surface area contributed by atoms with Gasteiger partial charge in [-0.3, -0.25) is 9.69 Å². The number of halogens is 2. The van der Waals surface area contributed by atoms with Gasteiger partial charge in [-0.2, -0.15) is 11.8 Å². The maximum absolute atomic E-state index is 12.3. The largest absolute Gasteiger partial charge is 0.378 e. The smallest absolute Gasteiger partial charge is 0.226 e. The minimum Gasteiger partial charge on any atom is -0.378 e. The van der Waals surface area contributed by atoms with E-state index < -0.39 is 0 Å². The molecule has 1 aromatic carbocycles. The molecule has 8 heteroatoms. The molecular formula is C18H29Cl2N3O2S. The lowest BCUT2D eigenvalue weighted by molar-refractivity contribution is -0.117. The normalized spacial score (nSPS) is 20.6. The number of amides is 1. The molecule has 26 heavy (non-hydrogen) atoms. The van der Waals surface area contributed by atoms with E-state index in [0.717, 1.165) is 38.5 Å². The van der Waals surface area contributed by atoms with Crippen molar-refractivity contribution in [3.63, 3.8) is 0 Å². The summed E-state index contributed by atoms with van der Waals surface area (Å²) in [5.41, 5.74) is 3.41. The number of anilines is 1. The van der Waals surface area contributed by atoms with E-state index in [-0.39, 0.29) is 36.8 Å². The Balaban J connectivity index is 0.00000169. The van der Waals surface area contributed by atoms with Gasteiger partial charge in [0.15, 0.2) is 0 Å². The summed E-state index contributed by atoms with van der Waals surface area (Å²) in [5, 5.41) is 6.40. The third-order valence-corrected chi connectivity index (χ3v) is 5.59. The van der Waals surface area contributed by atoms with E-state index in [1.165, 1.54) is 22.6 Å². The van der Waals surface area contributed by atoms with E-state index in [9.17, 15) is 4.79 Å². The highest BCUT2D eigenvalue weighted by Gasteiger charge is 2.18. The number of hydrogen-bond donors (Lipinski definition) is 2. The summed E-state index contributed by atoms with van der Waals surface area (Å²) in [6, 6.07) is 6.32. The van der Waals surface area contributed by atoms with Crippen molar-refractivity contribution in [2.75, 3.05) is 49.7 Å². The highest BCUT2D eigenvalue weighted by molar-refractivity contribution is 7.99. The van der Waals surface area contributed by atoms with Crippen LogP contribution in [0, 0.1) is 6.92 Å². The first-order valence-electron chi connectivity index (χ1n) is 8.72. The number of rotatable bonds is 5. The van der Waals surface area contributed by atoms with E-state index in [0.29, 0.717) is 13.0 Å². The van der Waals surface area contributed by atoms with Crippen LogP contribution in [0.15, 0.2) is 18.2 Å². The molecule has 0 spiro atoms. The second-order valence-electron chi connectivity index (χ2n) is 6.46. The average molecular weight is 422 g/mol. The van der Waals surface area contributed by atoms with E-state index in [2.05, 4.69) is 28.5 Å². The van der Waals surface area contributed by atoms with Crippen LogP contribution in [-0.4, -0.2) is 61.2 Å². The van der Waals surface area contributed by atoms with Crippen LogP contribution in [0.4, 0.5) is 5.69 Å². The number of carbonyl (C=O) groups excluding carboxylic acids is 1. The molecule has 2 heterocycles. The molecule has 0 bridgehead atoms. The summed E-state index contributed by atoms with van der Waals surface area (Å²) < 4.78 is 5.41. The van der Waals surface area contributed by atoms with Gasteiger partial charge in [0.05, 0.1) is 13.2 Å². The summed E-state index contributed by atoms with van der Waals surface area (Å²) >= 11 is 2.03. The van der Waals surface area contributed by atoms with Crippen LogP contribution in [0.3, 0.4) is 0 Å². The van der Waals surface area contributed by atoms with Gasteiger partial charge < -0.3 is 15.4 Å². The average Bonchev–Trinajstić information content (AvgIpc) is 2.60. The number of nitrogens with one attached hydrogen (secondary N) is 2. The lowest BCUT2D eigenvalue weighted by Crippen LogP contribution is -2.43. The molecule has 2 saturated heterocycles. The first-order valence-corrected chi connectivity index (χ1v) is 9.87. The van der Waals surface area contributed by atoms with Crippen LogP contribution in [0.5, 0.6) is 0 Å². The van der Waals surface area contributed by atoms with Gasteiger partial charge in [0.25, 0.3) is 0 Å². The van der Waals surface area contributed by atoms with Gasteiger partial charge in [-0.25, -0.2) is 0 Å². The zero-order valence-corrected chi connectivity index (χ0v) is 17.6. The molecular weight excluding hydrogens is 393 g/mol. The predicted molar refractivity (Wildman–Crippen MR) is 114 cm³/mol. The predicted octanol–water partition coefficient (Wildman–Crippen LogP) is 2.70. The molecule has 148 valence electrons. The fraction of sp³-hybridized carbons (Fsp3) is 0.611. The Hall–Kier alpha value is -0.500. The highest BCUT2D eigenvalue weighted by Crippen LogP contribution is 2.22. The summed E-state index contributed by atoms with van der Waals surface area (Å²) in [4.78, 5) is 14.8. The van der Waals surface area contributed by atoms with Gasteiger partial charge in [-0.15, -0.1) is 24.8 Å². The molecule has 1 amide bonds. The second kappa shape index (κ2) is 12.1. The molecule has 0 radical (unpaired) electrons. The van der Waals surface area contributed by atoms with Crippen LogP contribution in [0.2, 0.25) is 0 Å². The van der Waals surface area contributed by atoms with Crippen molar-refractivity contribution in [3.05, 3.63) is 29.3 Å². The Labute approximate surface area is 172 Å². The first kappa shape index (κ1) is 23.5. The van der Waals surface area contributed by atoms with Gasteiger partial charge >= 0.3 is 0 Å². The molecule has 0 saturated carbocycles. The number of carbonyl (C=O) groups is 1. The second-order valence-corrected chi connectivity index (χ2v) is 7.68. The van der Waals surface area contributed by atoms with Crippen LogP contribution >= 0.6 is 36.6 Å². The molecule has 3 rings (SSSR count). The van der Waals surface area contributed by atoms with Gasteiger partial charge in [-0.1, -0.05) is 12.1 Å². The number of hydrogen-bond acceptors (Lipinski definition) is 5. The van der Waals surface area contributed by atoms with Crippen molar-refractivity contribution in [1.29, 1.82) is 0 Å². The lowest BCUT2D eigenvalue weighted by atomic mass is 10.1. The Bertz CT molecular complexity index is 565. The fourth-order valence-electron chi connectivity index (χ4n) is 3.17. The summed E-state index contributed by atoms with van der Waals surface area (Å²) in [5.74, 6) is 2.48. The van der Waals surface area contributed by atoms with E-state index in [4.69, 9.17) is 4.74 Å². The molecule has 0 aromatic heterocycles. The molecule has 2 aliphatic rings. The Kier molecular flexibility index (Phi) is 10.9. The SMILES string of the molecule is Cc1c(CN2CCSCC2)cccc1NC(=O)CC1COCCN1.Cl.Cl. The Morgan fingerprint density at radius 2 is 2.12 bits per heavy atom. The number of nitrogens with zero attached hydrogens (tertiary/aromatic N) is 1. The standard InChI is InChI=1S/C18H27N3O2S.2ClH/c1-14-15(12-21-6-9-24-10-7-21)3-2-4-17(14)20-18(22)11-16-13-23-8-5-19-16;;/h2-4,16,19H,5-13H2,1H3,(H,20,22);2*1H. The molecule has 1 atom stereocenters. The summed E-state index contributed by atoms with van der Waals surface area (Å²) in [7, 11) is 0. The van der Waals surface area contributed by atoms with Crippen molar-refractivity contribution >= 4 is 48.2 Å². The van der Waals surface area contributed by atoms with Gasteiger partial charge in [0.2, 0.25) is 5.91 Å². The Morgan fingerprint density at radius 1 is 1.35 bits per heavy atom. The van der Waals surface area contributed by atoms with Crippen molar-refractivity contribution < 1.29 is 9.53 Å². The van der Waals surface area contributed by atoms with Gasteiger partial charge in [-0.05, 0) is 24.1 Å². The van der Waals surface area contributed by atoms with Crippen LogP contribution < -0.4 is 10.6 Å². The van der Waals surface area contributed by atoms with Crippen LogP contribution in [0.1, 0.15) is 17.5 Å². The number of thioether (sulfide) groups is 1. The first-order chi connectivity index (χ1) is 11.7. The highest BCUT2D eigenvalue weighted by atomic mass is 35.5. The van der Waals surface area contributed by atoms with Gasteiger partial charge in [0.1, 0.15) is 0 Å². The van der Waals surface area contributed by atoms with Crippen molar-refractivity contribution in [2.24, 2.45) is 0 Å². The Morgan fingerprint density at radius 3 is 2.81 bits per heavy atom. The maximum Gasteiger partial charge on any atom is 0.226 e. The molecule has 0 aliphatic carbocycles. The van der Waals surface area contributed by atoms with Crippen molar-refractivity contribution in [1.82, 2.24) is 10.2 Å². The van der Waals surface area contributed by atoms with E-state index in [1.54, 1.807) is 0 Å². The lowest BCUT2D eigenvalue weighted by Gasteiger charge is -2.27. The summed E-state index contributed by atoms with van der Waals surface area (Å²) in [6.45, 7) is 7.52. The summed E-state index contributed by atoms with van der Waals surface area (Å²) in [6.07, 6.45) is 0.451. The quantitative estimate of drug-likeness (QED) is 0.765. The minimum absolute atomic E-state index is 0. The van der Waals surface area contributed by atoms with Crippen LogP contribution in [-0.2, 0) is 16.1 Å². The van der Waals surface area contributed by atoms with Crippen molar-refractivity contribution in [2.45, 2.75) is 25.9 Å². The molecule has 2 N–H and O–H groups in total. The number of morpholine rings is 1. The topological polar surface area (TPSA) is 53.6 Å². The molecule has 2 fully saturated rings. The molecule has 1 aromatic rings. The number of benzene rings is 1. The number of ether oxygens (including phenoxy) is 1. The molecule has 5 nitrogen and oxygen atoms in total. The minimum atomic E-state index is 0. The maximum atomic E-state index is 12.3. The van der Waals surface area contributed by atoms with E-state index in [1.807, 2.05) is 23.9 Å².